The van der Waals surface area contributed by atoms with Crippen LogP contribution in [0.1, 0.15) is 44.9 Å². The van der Waals surface area contributed by atoms with E-state index in [1.54, 1.807) is 0 Å². The molecule has 1 N–H and O–H groups in total. The Labute approximate surface area is 139 Å². The van der Waals surface area contributed by atoms with Crippen LogP contribution in [-0.4, -0.2) is 60.4 Å². The topological polar surface area (TPSA) is 52.7 Å². The molecule has 0 aromatic rings. The second-order valence-corrected chi connectivity index (χ2v) is 6.68. The highest BCUT2D eigenvalue weighted by Gasteiger charge is 2.34. The summed E-state index contributed by atoms with van der Waals surface area (Å²) in [5.74, 6) is 0.788. The molecule has 0 spiro atoms. The van der Waals surface area contributed by atoms with Gasteiger partial charge in [-0.15, -0.1) is 12.4 Å². The fourth-order valence-electron chi connectivity index (χ4n) is 4.02. The molecule has 2 saturated heterocycles. The quantitative estimate of drug-likeness (QED) is 0.833. The van der Waals surface area contributed by atoms with Gasteiger partial charge in [0.2, 0.25) is 11.8 Å². The van der Waals surface area contributed by atoms with Gasteiger partial charge in [0.25, 0.3) is 0 Å². The van der Waals surface area contributed by atoms with E-state index in [-0.39, 0.29) is 30.3 Å². The van der Waals surface area contributed by atoms with Crippen molar-refractivity contribution in [3.63, 3.8) is 0 Å². The number of carbonyl (C=O) groups excluding carboxylic acids is 2. The Hall–Kier alpha value is -0.810. The molecule has 0 radical (unpaired) electrons. The predicted octanol–water partition coefficient (Wildman–Crippen LogP) is 1.41. The van der Waals surface area contributed by atoms with E-state index < -0.39 is 0 Å². The van der Waals surface area contributed by atoms with Crippen LogP contribution in [0.15, 0.2) is 0 Å². The van der Waals surface area contributed by atoms with Crippen molar-refractivity contribution >= 4 is 24.2 Å². The molecule has 3 aliphatic rings. The Morgan fingerprint density at radius 2 is 1.82 bits per heavy atom. The standard InChI is InChI=1S/C16H27N3O2.ClH/c20-15-11-17-8-10-19(15)14-7-4-9-18(12-14)16(21)13-5-2-1-3-6-13;/h13-14,17H,1-12H2;1H. The second kappa shape index (κ2) is 8.16. The molecule has 3 rings (SSSR count). The molecular formula is C16H28ClN3O2. The van der Waals surface area contributed by atoms with Crippen LogP contribution in [0.3, 0.4) is 0 Å². The number of rotatable bonds is 2. The summed E-state index contributed by atoms with van der Waals surface area (Å²) in [5.41, 5.74) is 0. The first-order valence-electron chi connectivity index (χ1n) is 8.54. The number of nitrogens with zero attached hydrogens (tertiary/aromatic N) is 2. The van der Waals surface area contributed by atoms with Crippen molar-refractivity contribution in [1.29, 1.82) is 0 Å². The van der Waals surface area contributed by atoms with Gasteiger partial charge in [0.15, 0.2) is 0 Å². The van der Waals surface area contributed by atoms with Crippen LogP contribution in [0, 0.1) is 5.92 Å². The molecule has 6 heteroatoms. The molecule has 2 amide bonds. The minimum absolute atomic E-state index is 0. The number of hydrogen-bond acceptors (Lipinski definition) is 3. The monoisotopic (exact) mass is 329 g/mol. The third-order valence-electron chi connectivity index (χ3n) is 5.23. The Balaban J connectivity index is 0.00000176. The number of hydrogen-bond donors (Lipinski definition) is 1. The Morgan fingerprint density at radius 3 is 2.55 bits per heavy atom. The van der Waals surface area contributed by atoms with Crippen molar-refractivity contribution < 1.29 is 9.59 Å². The average Bonchev–Trinajstić information content (AvgIpc) is 2.55. The number of halogens is 1. The molecule has 2 heterocycles. The summed E-state index contributed by atoms with van der Waals surface area (Å²) in [6.45, 7) is 3.74. The van der Waals surface area contributed by atoms with Crippen LogP contribution in [0.4, 0.5) is 0 Å². The van der Waals surface area contributed by atoms with Gasteiger partial charge in [0, 0.05) is 38.1 Å². The van der Waals surface area contributed by atoms with Gasteiger partial charge in [-0.2, -0.15) is 0 Å². The lowest BCUT2D eigenvalue weighted by Crippen LogP contribution is -2.58. The van der Waals surface area contributed by atoms with Gasteiger partial charge in [0.1, 0.15) is 0 Å². The predicted molar refractivity (Wildman–Crippen MR) is 88.0 cm³/mol. The Morgan fingerprint density at radius 1 is 1.05 bits per heavy atom. The molecule has 1 unspecified atom stereocenters. The second-order valence-electron chi connectivity index (χ2n) is 6.68. The zero-order valence-electron chi connectivity index (χ0n) is 13.3. The summed E-state index contributed by atoms with van der Waals surface area (Å²) in [6.07, 6.45) is 7.87. The normalized spacial score (nSPS) is 27.5. The van der Waals surface area contributed by atoms with E-state index in [4.69, 9.17) is 0 Å². The maximum absolute atomic E-state index is 12.7. The van der Waals surface area contributed by atoms with Gasteiger partial charge in [-0.3, -0.25) is 9.59 Å². The first-order valence-corrected chi connectivity index (χ1v) is 8.54. The van der Waals surface area contributed by atoms with Crippen molar-refractivity contribution in [2.24, 2.45) is 5.92 Å². The SMILES string of the molecule is Cl.O=C(C1CCCCC1)N1CCCC(N2CCNCC2=O)C1. The van der Waals surface area contributed by atoms with Crippen LogP contribution in [0.5, 0.6) is 0 Å². The highest BCUT2D eigenvalue weighted by molar-refractivity contribution is 5.85. The van der Waals surface area contributed by atoms with Crippen LogP contribution < -0.4 is 5.32 Å². The van der Waals surface area contributed by atoms with Crippen LogP contribution >= 0.6 is 12.4 Å². The van der Waals surface area contributed by atoms with Crippen molar-refractivity contribution in [3.05, 3.63) is 0 Å². The number of amides is 2. The van der Waals surface area contributed by atoms with Crippen LogP contribution in [0.25, 0.3) is 0 Å². The highest BCUT2D eigenvalue weighted by Crippen LogP contribution is 2.27. The van der Waals surface area contributed by atoms with Gasteiger partial charge in [-0.1, -0.05) is 19.3 Å². The lowest BCUT2D eigenvalue weighted by atomic mass is 9.87. The van der Waals surface area contributed by atoms with Crippen LogP contribution in [-0.2, 0) is 9.59 Å². The summed E-state index contributed by atoms with van der Waals surface area (Å²) >= 11 is 0. The minimum Gasteiger partial charge on any atom is -0.340 e. The summed E-state index contributed by atoms with van der Waals surface area (Å²) in [5, 5.41) is 3.12. The molecule has 1 aliphatic carbocycles. The molecule has 2 aliphatic heterocycles. The van der Waals surface area contributed by atoms with Gasteiger partial charge in [-0.05, 0) is 25.7 Å². The van der Waals surface area contributed by atoms with E-state index in [1.807, 2.05) is 9.80 Å². The minimum atomic E-state index is 0. The molecule has 0 aromatic carbocycles. The largest absolute Gasteiger partial charge is 0.340 e. The molecule has 3 fully saturated rings. The van der Waals surface area contributed by atoms with E-state index in [1.165, 1.54) is 19.3 Å². The van der Waals surface area contributed by atoms with Gasteiger partial charge in [-0.25, -0.2) is 0 Å². The molecule has 126 valence electrons. The van der Waals surface area contributed by atoms with E-state index >= 15 is 0 Å². The van der Waals surface area contributed by atoms with Crippen molar-refractivity contribution in [1.82, 2.24) is 15.1 Å². The molecular weight excluding hydrogens is 302 g/mol. The molecule has 5 nitrogen and oxygen atoms in total. The van der Waals surface area contributed by atoms with Crippen LogP contribution in [0.2, 0.25) is 0 Å². The smallest absolute Gasteiger partial charge is 0.236 e. The maximum Gasteiger partial charge on any atom is 0.236 e. The van der Waals surface area contributed by atoms with E-state index in [0.717, 1.165) is 51.9 Å². The summed E-state index contributed by atoms with van der Waals surface area (Å²) < 4.78 is 0. The average molecular weight is 330 g/mol. The molecule has 0 aromatic heterocycles. The lowest BCUT2D eigenvalue weighted by Gasteiger charge is -2.42. The zero-order valence-corrected chi connectivity index (χ0v) is 14.1. The first kappa shape index (κ1) is 17.5. The van der Waals surface area contributed by atoms with Gasteiger partial charge < -0.3 is 15.1 Å². The van der Waals surface area contributed by atoms with Crippen molar-refractivity contribution in [3.8, 4) is 0 Å². The fraction of sp³-hybridized carbons (Fsp3) is 0.875. The summed E-state index contributed by atoms with van der Waals surface area (Å²) in [7, 11) is 0. The lowest BCUT2D eigenvalue weighted by molar-refractivity contribution is -0.143. The number of piperazine rings is 1. The van der Waals surface area contributed by atoms with Gasteiger partial charge >= 0.3 is 0 Å². The van der Waals surface area contributed by atoms with Crippen molar-refractivity contribution in [2.75, 3.05) is 32.7 Å². The molecule has 22 heavy (non-hydrogen) atoms. The zero-order chi connectivity index (χ0) is 14.7. The molecule has 0 bridgehead atoms. The number of carbonyl (C=O) groups is 2. The summed E-state index contributed by atoms with van der Waals surface area (Å²) in [4.78, 5) is 28.7. The Bertz CT molecular complexity index is 399. The number of nitrogens with one attached hydrogen (secondary N) is 1. The molecule has 1 atom stereocenters. The number of piperidine rings is 1. The third kappa shape index (κ3) is 3.93. The molecule has 1 saturated carbocycles. The summed E-state index contributed by atoms with van der Waals surface area (Å²) in [6, 6.07) is 0.237. The highest BCUT2D eigenvalue weighted by atomic mass is 35.5. The number of likely N-dealkylation sites (tertiary alicyclic amines) is 1. The van der Waals surface area contributed by atoms with E-state index in [2.05, 4.69) is 5.32 Å². The third-order valence-corrected chi connectivity index (χ3v) is 5.23. The Kier molecular flexibility index (Phi) is 6.50. The fourth-order valence-corrected chi connectivity index (χ4v) is 4.02. The van der Waals surface area contributed by atoms with E-state index in [0.29, 0.717) is 12.5 Å². The maximum atomic E-state index is 12.7. The van der Waals surface area contributed by atoms with Gasteiger partial charge in [0.05, 0.1) is 6.54 Å². The first-order chi connectivity index (χ1) is 10.3. The van der Waals surface area contributed by atoms with E-state index in [9.17, 15) is 9.59 Å². The van der Waals surface area contributed by atoms with Crippen molar-refractivity contribution in [2.45, 2.75) is 51.0 Å².